The minimum Gasteiger partial charge on any atom is -0.465 e. The number of hydrogen-bond acceptors (Lipinski definition) is 7. The molecule has 1 heterocycles. The summed E-state index contributed by atoms with van der Waals surface area (Å²) in [5, 5.41) is 3.58. The first kappa shape index (κ1) is 26.5. The van der Waals surface area contributed by atoms with E-state index in [-0.39, 0.29) is 60.0 Å². The molecule has 0 radical (unpaired) electrons. The third kappa shape index (κ3) is 5.24. The molecule has 6 atom stereocenters. The van der Waals surface area contributed by atoms with Crippen LogP contribution in [-0.4, -0.2) is 49.3 Å². The molecule has 7 nitrogen and oxygen atoms in total. The maximum atomic E-state index is 12.4. The molecule has 0 unspecified atom stereocenters. The molecule has 0 aromatic carbocycles. The average molecular weight is 476 g/mol. The van der Waals surface area contributed by atoms with Crippen LogP contribution >= 0.6 is 0 Å². The quantitative estimate of drug-likeness (QED) is 0.321. The minimum atomic E-state index is -0.504. The molecular formula is C27H41NO6. The lowest BCUT2D eigenvalue weighted by Gasteiger charge is -2.60. The van der Waals surface area contributed by atoms with Crippen molar-refractivity contribution in [1.82, 2.24) is 5.32 Å². The Kier molecular flexibility index (Phi) is 7.96. The molecule has 3 rings (SSSR count). The lowest BCUT2D eigenvalue weighted by atomic mass is 9.46. The van der Waals surface area contributed by atoms with Gasteiger partial charge < -0.3 is 19.5 Å². The van der Waals surface area contributed by atoms with E-state index >= 15 is 0 Å². The summed E-state index contributed by atoms with van der Waals surface area (Å²) in [5.74, 6) is -0.574. The number of nitrogens with one attached hydrogen (secondary N) is 1. The summed E-state index contributed by atoms with van der Waals surface area (Å²) in [6, 6.07) is 0.0759. The largest absolute Gasteiger partial charge is 0.465 e. The number of carbonyl (C=O) groups excluding carboxylic acids is 3. The van der Waals surface area contributed by atoms with E-state index in [9.17, 15) is 14.4 Å². The van der Waals surface area contributed by atoms with Crippen molar-refractivity contribution >= 4 is 17.9 Å². The van der Waals surface area contributed by atoms with Crippen LogP contribution < -0.4 is 5.32 Å². The van der Waals surface area contributed by atoms with E-state index in [4.69, 9.17) is 14.2 Å². The van der Waals surface area contributed by atoms with Gasteiger partial charge in [0, 0.05) is 31.3 Å². The fraction of sp³-hybridized carbons (Fsp3) is 0.741. The Balaban J connectivity index is 1.95. The second-order valence-electron chi connectivity index (χ2n) is 11.1. The van der Waals surface area contributed by atoms with Gasteiger partial charge in [0.1, 0.15) is 19.3 Å². The standard InChI is InChI=1S/C27H41NO6/c1-16(2)28-22(20-11-13-32-25(20)31)14-21-17(3)8-9-23-26(21,6)12-10-24(34-19(5)30)27(23,7)15-33-18(4)29/h11,16,21-24,28H,3,8-10,12-15H2,1-2,4-7H3/t21-,22+,23-,24-,26+,27+/m1/s1. The van der Waals surface area contributed by atoms with Crippen LogP contribution in [0.15, 0.2) is 23.8 Å². The first-order valence-corrected chi connectivity index (χ1v) is 12.5. The molecule has 2 fully saturated rings. The van der Waals surface area contributed by atoms with E-state index in [1.807, 2.05) is 6.08 Å². The summed E-state index contributed by atoms with van der Waals surface area (Å²) >= 11 is 0. The normalized spacial score (nSPS) is 34.2. The highest BCUT2D eigenvalue weighted by atomic mass is 16.6. The van der Waals surface area contributed by atoms with E-state index < -0.39 is 5.41 Å². The fourth-order valence-corrected chi connectivity index (χ4v) is 6.83. The van der Waals surface area contributed by atoms with Crippen molar-refractivity contribution in [3.63, 3.8) is 0 Å². The topological polar surface area (TPSA) is 90.9 Å². The Morgan fingerprint density at radius 1 is 1.24 bits per heavy atom. The molecule has 2 aliphatic carbocycles. The minimum absolute atomic E-state index is 0.127. The molecule has 0 amide bonds. The fourth-order valence-electron chi connectivity index (χ4n) is 6.83. The zero-order chi connectivity index (χ0) is 25.3. The SMILES string of the molecule is C=C1CC[C@H]2[C@](C)(COC(C)=O)[C@H](OC(C)=O)CC[C@@]2(C)[C@@H]1C[C@H](NC(C)C)C1=CCOC1=O. The third-order valence-electron chi connectivity index (χ3n) is 8.35. The molecule has 2 saturated carbocycles. The molecular weight excluding hydrogens is 434 g/mol. The van der Waals surface area contributed by atoms with Crippen molar-refractivity contribution < 1.29 is 28.6 Å². The van der Waals surface area contributed by atoms with Gasteiger partial charge in [0.25, 0.3) is 0 Å². The van der Waals surface area contributed by atoms with Crippen molar-refractivity contribution in [3.8, 4) is 0 Å². The van der Waals surface area contributed by atoms with Gasteiger partial charge in [-0.1, -0.05) is 39.8 Å². The second kappa shape index (κ2) is 10.2. The van der Waals surface area contributed by atoms with Crippen LogP contribution in [0.3, 0.4) is 0 Å². The van der Waals surface area contributed by atoms with Crippen LogP contribution in [0.25, 0.3) is 0 Å². The second-order valence-corrected chi connectivity index (χ2v) is 11.1. The molecule has 1 aliphatic heterocycles. The number of ether oxygens (including phenoxy) is 3. The van der Waals surface area contributed by atoms with Crippen LogP contribution in [0.5, 0.6) is 0 Å². The van der Waals surface area contributed by atoms with Gasteiger partial charge in [-0.3, -0.25) is 9.59 Å². The van der Waals surface area contributed by atoms with Crippen molar-refractivity contribution in [1.29, 1.82) is 0 Å². The van der Waals surface area contributed by atoms with Gasteiger partial charge >= 0.3 is 17.9 Å². The Hall–Kier alpha value is -2.15. The lowest BCUT2D eigenvalue weighted by molar-refractivity contribution is -0.191. The van der Waals surface area contributed by atoms with Gasteiger partial charge in [0.15, 0.2) is 0 Å². The highest BCUT2D eigenvalue weighted by Crippen LogP contribution is 2.62. The monoisotopic (exact) mass is 475 g/mol. The van der Waals surface area contributed by atoms with Crippen molar-refractivity contribution in [2.45, 2.75) is 91.8 Å². The average Bonchev–Trinajstić information content (AvgIpc) is 3.16. The van der Waals surface area contributed by atoms with Crippen molar-refractivity contribution in [3.05, 3.63) is 23.8 Å². The summed E-state index contributed by atoms with van der Waals surface area (Å²) in [5.41, 5.74) is 1.25. The predicted octanol–water partition coefficient (Wildman–Crippen LogP) is 4.11. The maximum absolute atomic E-state index is 12.4. The Morgan fingerprint density at radius 2 is 1.94 bits per heavy atom. The van der Waals surface area contributed by atoms with E-state index in [1.54, 1.807) is 0 Å². The van der Waals surface area contributed by atoms with Gasteiger partial charge in [0.2, 0.25) is 0 Å². The molecule has 1 N–H and O–H groups in total. The maximum Gasteiger partial charge on any atom is 0.335 e. The number of rotatable bonds is 8. The van der Waals surface area contributed by atoms with Crippen LogP contribution in [0, 0.1) is 22.7 Å². The van der Waals surface area contributed by atoms with Crippen LogP contribution in [-0.2, 0) is 28.6 Å². The molecule has 190 valence electrons. The molecule has 0 aromatic heterocycles. The summed E-state index contributed by atoms with van der Waals surface area (Å²) in [6.07, 6.45) is 5.63. The molecule has 0 saturated heterocycles. The lowest BCUT2D eigenvalue weighted by Crippen LogP contribution is -2.59. The number of hydrogen-bond donors (Lipinski definition) is 1. The number of cyclic esters (lactones) is 1. The molecule has 0 bridgehead atoms. The number of esters is 3. The molecule has 0 spiro atoms. The van der Waals surface area contributed by atoms with Gasteiger partial charge in [0.05, 0.1) is 5.57 Å². The van der Waals surface area contributed by atoms with E-state index in [1.165, 1.54) is 19.4 Å². The van der Waals surface area contributed by atoms with Crippen molar-refractivity contribution in [2.75, 3.05) is 13.2 Å². The summed E-state index contributed by atoms with van der Waals surface area (Å²) in [4.78, 5) is 36.1. The number of allylic oxidation sites excluding steroid dienone is 1. The summed E-state index contributed by atoms with van der Waals surface area (Å²) < 4.78 is 16.6. The van der Waals surface area contributed by atoms with E-state index in [0.29, 0.717) is 18.6 Å². The van der Waals surface area contributed by atoms with E-state index in [0.717, 1.165) is 25.7 Å². The number of carbonyl (C=O) groups is 3. The van der Waals surface area contributed by atoms with Crippen molar-refractivity contribution in [2.24, 2.45) is 22.7 Å². The zero-order valence-corrected chi connectivity index (χ0v) is 21.6. The number of fused-ring (bicyclic) bond motifs is 1. The Bertz CT molecular complexity index is 863. The highest BCUT2D eigenvalue weighted by molar-refractivity contribution is 5.91. The molecule has 0 aromatic rings. The van der Waals surface area contributed by atoms with Crippen LogP contribution in [0.4, 0.5) is 0 Å². The molecule has 34 heavy (non-hydrogen) atoms. The summed E-state index contributed by atoms with van der Waals surface area (Å²) in [7, 11) is 0. The first-order valence-electron chi connectivity index (χ1n) is 12.5. The highest BCUT2D eigenvalue weighted by Gasteiger charge is 2.60. The Labute approximate surface area is 203 Å². The van der Waals surface area contributed by atoms with E-state index in [2.05, 4.69) is 39.6 Å². The van der Waals surface area contributed by atoms with Gasteiger partial charge in [-0.25, -0.2) is 4.79 Å². The summed E-state index contributed by atoms with van der Waals surface area (Å²) in [6.45, 7) is 16.4. The predicted molar refractivity (Wildman–Crippen MR) is 129 cm³/mol. The van der Waals surface area contributed by atoms with Gasteiger partial charge in [-0.2, -0.15) is 0 Å². The zero-order valence-electron chi connectivity index (χ0n) is 21.6. The van der Waals surface area contributed by atoms with Gasteiger partial charge in [-0.15, -0.1) is 0 Å². The first-order chi connectivity index (χ1) is 15.9. The van der Waals surface area contributed by atoms with Gasteiger partial charge in [-0.05, 0) is 55.4 Å². The Morgan fingerprint density at radius 3 is 2.50 bits per heavy atom. The van der Waals surface area contributed by atoms with Crippen LogP contribution in [0.1, 0.15) is 73.6 Å². The smallest absolute Gasteiger partial charge is 0.335 e. The van der Waals surface area contributed by atoms with Crippen LogP contribution in [0.2, 0.25) is 0 Å². The molecule has 3 aliphatic rings. The third-order valence-corrected chi connectivity index (χ3v) is 8.35. The molecule has 7 heteroatoms.